The molecule has 2 nitrogen and oxygen atoms in total. The van der Waals surface area contributed by atoms with Crippen LogP contribution in [0, 0.1) is 17.3 Å². The quantitative estimate of drug-likeness (QED) is 0.753. The van der Waals surface area contributed by atoms with Gasteiger partial charge in [-0.3, -0.25) is 0 Å². The summed E-state index contributed by atoms with van der Waals surface area (Å²) < 4.78 is 0. The zero-order valence-electron chi connectivity index (χ0n) is 10.8. The standard InChI is InChI=1S/C14H27NO/c1-11(2)12-5-3-4-6-13(12)15-9-14(10-16)7-8-14/h11-13,15-16H,3-10H2,1-2H3. The molecule has 2 aliphatic carbocycles. The topological polar surface area (TPSA) is 32.3 Å². The highest BCUT2D eigenvalue weighted by Gasteiger charge is 2.42. The largest absolute Gasteiger partial charge is 0.396 e. The first-order valence-corrected chi connectivity index (χ1v) is 7.01. The number of nitrogens with one attached hydrogen (secondary N) is 1. The van der Waals surface area contributed by atoms with E-state index in [0.717, 1.165) is 18.4 Å². The molecular formula is C14H27NO. The van der Waals surface area contributed by atoms with Gasteiger partial charge >= 0.3 is 0 Å². The van der Waals surface area contributed by atoms with Crippen LogP contribution in [0.5, 0.6) is 0 Å². The first-order chi connectivity index (χ1) is 7.67. The highest BCUT2D eigenvalue weighted by molar-refractivity contribution is 4.96. The van der Waals surface area contributed by atoms with E-state index in [1.165, 1.54) is 38.5 Å². The number of hydrogen-bond acceptors (Lipinski definition) is 2. The van der Waals surface area contributed by atoms with E-state index in [9.17, 15) is 5.11 Å². The van der Waals surface area contributed by atoms with Crippen LogP contribution in [0.2, 0.25) is 0 Å². The van der Waals surface area contributed by atoms with Crippen LogP contribution in [0.1, 0.15) is 52.4 Å². The van der Waals surface area contributed by atoms with Gasteiger partial charge in [0.25, 0.3) is 0 Å². The molecule has 2 unspecified atom stereocenters. The van der Waals surface area contributed by atoms with Gasteiger partial charge in [0.1, 0.15) is 0 Å². The molecule has 0 saturated heterocycles. The van der Waals surface area contributed by atoms with Gasteiger partial charge in [-0.1, -0.05) is 26.7 Å². The van der Waals surface area contributed by atoms with E-state index >= 15 is 0 Å². The summed E-state index contributed by atoms with van der Waals surface area (Å²) in [6, 6.07) is 0.706. The monoisotopic (exact) mass is 225 g/mol. The molecule has 94 valence electrons. The lowest BCUT2D eigenvalue weighted by Gasteiger charge is -2.36. The Labute approximate surface area is 99.8 Å². The third-order valence-electron chi connectivity index (χ3n) is 4.71. The van der Waals surface area contributed by atoms with Crippen molar-refractivity contribution in [2.24, 2.45) is 17.3 Å². The fourth-order valence-corrected chi connectivity index (χ4v) is 3.13. The van der Waals surface area contributed by atoms with E-state index in [2.05, 4.69) is 19.2 Å². The maximum atomic E-state index is 9.32. The predicted octanol–water partition coefficient (Wildman–Crippen LogP) is 2.56. The van der Waals surface area contributed by atoms with Gasteiger partial charge in [0, 0.05) is 24.6 Å². The number of aliphatic hydroxyl groups is 1. The molecule has 0 radical (unpaired) electrons. The van der Waals surface area contributed by atoms with E-state index in [1.54, 1.807) is 0 Å². The van der Waals surface area contributed by atoms with Gasteiger partial charge in [-0.2, -0.15) is 0 Å². The van der Waals surface area contributed by atoms with Crippen molar-refractivity contribution in [3.63, 3.8) is 0 Å². The van der Waals surface area contributed by atoms with Gasteiger partial charge in [-0.25, -0.2) is 0 Å². The van der Waals surface area contributed by atoms with Crippen LogP contribution in [0.25, 0.3) is 0 Å². The molecular weight excluding hydrogens is 198 g/mol. The number of rotatable bonds is 5. The molecule has 0 aromatic rings. The smallest absolute Gasteiger partial charge is 0.0499 e. The van der Waals surface area contributed by atoms with Crippen LogP contribution < -0.4 is 5.32 Å². The van der Waals surface area contributed by atoms with Crippen LogP contribution >= 0.6 is 0 Å². The van der Waals surface area contributed by atoms with Gasteiger partial charge in [0.2, 0.25) is 0 Å². The molecule has 0 heterocycles. The summed E-state index contributed by atoms with van der Waals surface area (Å²) >= 11 is 0. The second-order valence-corrected chi connectivity index (χ2v) is 6.34. The van der Waals surface area contributed by atoms with Crippen molar-refractivity contribution in [1.82, 2.24) is 5.32 Å². The minimum absolute atomic E-state index is 0.263. The Morgan fingerprint density at radius 2 is 1.94 bits per heavy atom. The fourth-order valence-electron chi connectivity index (χ4n) is 3.13. The van der Waals surface area contributed by atoms with Gasteiger partial charge in [-0.15, -0.1) is 0 Å². The van der Waals surface area contributed by atoms with E-state index in [4.69, 9.17) is 0 Å². The van der Waals surface area contributed by atoms with Gasteiger partial charge in [0.15, 0.2) is 0 Å². The lowest BCUT2D eigenvalue weighted by atomic mass is 9.77. The summed E-state index contributed by atoms with van der Waals surface area (Å²) in [7, 11) is 0. The Morgan fingerprint density at radius 1 is 1.25 bits per heavy atom. The molecule has 2 N–H and O–H groups in total. The van der Waals surface area contributed by atoms with Crippen LogP contribution in [0.3, 0.4) is 0 Å². The maximum Gasteiger partial charge on any atom is 0.0499 e. The van der Waals surface area contributed by atoms with Gasteiger partial charge in [-0.05, 0) is 37.5 Å². The maximum absolute atomic E-state index is 9.32. The van der Waals surface area contributed by atoms with Crippen molar-refractivity contribution in [3.05, 3.63) is 0 Å². The lowest BCUT2D eigenvalue weighted by Crippen LogP contribution is -2.43. The molecule has 2 fully saturated rings. The Morgan fingerprint density at radius 3 is 2.50 bits per heavy atom. The third kappa shape index (κ3) is 2.78. The highest BCUT2D eigenvalue weighted by atomic mass is 16.3. The molecule has 0 bridgehead atoms. The van der Waals surface area contributed by atoms with Crippen molar-refractivity contribution in [2.45, 2.75) is 58.4 Å². The Balaban J connectivity index is 1.82. The van der Waals surface area contributed by atoms with Crippen molar-refractivity contribution >= 4 is 0 Å². The second kappa shape index (κ2) is 5.05. The number of aliphatic hydroxyl groups excluding tert-OH is 1. The molecule has 0 aromatic heterocycles. The van der Waals surface area contributed by atoms with Crippen molar-refractivity contribution in [1.29, 1.82) is 0 Å². The molecule has 0 aliphatic heterocycles. The zero-order valence-corrected chi connectivity index (χ0v) is 10.8. The van der Waals surface area contributed by atoms with Crippen LogP contribution in [0.4, 0.5) is 0 Å². The molecule has 16 heavy (non-hydrogen) atoms. The summed E-state index contributed by atoms with van der Waals surface area (Å²) in [5.74, 6) is 1.64. The van der Waals surface area contributed by atoms with E-state index in [1.807, 2.05) is 0 Å². The van der Waals surface area contributed by atoms with Gasteiger partial charge < -0.3 is 10.4 Å². The van der Waals surface area contributed by atoms with Crippen LogP contribution in [-0.2, 0) is 0 Å². The summed E-state index contributed by atoms with van der Waals surface area (Å²) in [4.78, 5) is 0. The lowest BCUT2D eigenvalue weighted by molar-refractivity contribution is 0.169. The molecule has 2 heteroatoms. The Bertz CT molecular complexity index is 223. The predicted molar refractivity (Wildman–Crippen MR) is 67.3 cm³/mol. The minimum Gasteiger partial charge on any atom is -0.396 e. The highest BCUT2D eigenvalue weighted by Crippen LogP contribution is 2.44. The second-order valence-electron chi connectivity index (χ2n) is 6.34. The minimum atomic E-state index is 0.263. The Hall–Kier alpha value is -0.0800. The Kier molecular flexibility index (Phi) is 3.91. The molecule has 0 aromatic carbocycles. The first-order valence-electron chi connectivity index (χ1n) is 7.01. The normalized spacial score (nSPS) is 33.0. The first kappa shape index (κ1) is 12.4. The molecule has 2 aliphatic rings. The van der Waals surface area contributed by atoms with Crippen molar-refractivity contribution < 1.29 is 5.11 Å². The van der Waals surface area contributed by atoms with Crippen LogP contribution in [-0.4, -0.2) is 24.3 Å². The third-order valence-corrected chi connectivity index (χ3v) is 4.71. The molecule has 0 spiro atoms. The molecule has 0 amide bonds. The fraction of sp³-hybridized carbons (Fsp3) is 1.00. The summed E-state index contributed by atoms with van der Waals surface area (Å²) in [5.41, 5.74) is 0.263. The van der Waals surface area contributed by atoms with E-state index in [-0.39, 0.29) is 5.41 Å². The average molecular weight is 225 g/mol. The van der Waals surface area contributed by atoms with Crippen molar-refractivity contribution in [3.8, 4) is 0 Å². The molecule has 2 atom stereocenters. The van der Waals surface area contributed by atoms with Crippen LogP contribution in [0.15, 0.2) is 0 Å². The van der Waals surface area contributed by atoms with Crippen molar-refractivity contribution in [2.75, 3.05) is 13.2 Å². The summed E-state index contributed by atoms with van der Waals surface area (Å²) in [6.45, 7) is 6.11. The number of hydrogen-bond donors (Lipinski definition) is 2. The van der Waals surface area contributed by atoms with Gasteiger partial charge in [0.05, 0.1) is 0 Å². The SMILES string of the molecule is CC(C)C1CCCCC1NCC1(CO)CC1. The van der Waals surface area contributed by atoms with E-state index in [0.29, 0.717) is 12.6 Å². The van der Waals surface area contributed by atoms with E-state index < -0.39 is 0 Å². The average Bonchev–Trinajstić information content (AvgIpc) is 3.07. The summed E-state index contributed by atoms with van der Waals surface area (Å²) in [6.07, 6.45) is 7.95. The summed E-state index contributed by atoms with van der Waals surface area (Å²) in [5, 5.41) is 13.1. The zero-order chi connectivity index (χ0) is 11.6. The molecule has 2 saturated carbocycles. The molecule has 2 rings (SSSR count).